The number of aromatic nitrogens is 1. The fourth-order valence-corrected chi connectivity index (χ4v) is 3.01. The molecule has 1 aromatic carbocycles. The Bertz CT molecular complexity index is 540. The highest BCUT2D eigenvalue weighted by Crippen LogP contribution is 2.28. The third-order valence-electron chi connectivity index (χ3n) is 3.43. The highest BCUT2D eigenvalue weighted by molar-refractivity contribution is 7.22. The lowest BCUT2D eigenvalue weighted by atomic mass is 10.2. The first kappa shape index (κ1) is 14.6. The number of anilines is 1. The quantitative estimate of drug-likeness (QED) is 0.870. The fourth-order valence-electron chi connectivity index (χ4n) is 1.85. The molecule has 3 nitrogen and oxygen atoms in total. The second kappa shape index (κ2) is 6.55. The summed E-state index contributed by atoms with van der Waals surface area (Å²) in [5, 5.41) is 5.12. The highest BCUT2D eigenvalue weighted by atomic mass is 35.5. The van der Waals surface area contributed by atoms with Crippen molar-refractivity contribution in [3.05, 3.63) is 23.2 Å². The molecule has 0 saturated heterocycles. The van der Waals surface area contributed by atoms with Gasteiger partial charge in [0.1, 0.15) is 0 Å². The maximum Gasteiger partial charge on any atom is 0.183 e. The normalized spacial score (nSPS) is 13.1. The highest BCUT2D eigenvalue weighted by Gasteiger charge is 2.07. The third kappa shape index (κ3) is 3.81. The molecular weight excluding hydrogens is 278 g/mol. The van der Waals surface area contributed by atoms with Crippen LogP contribution >= 0.6 is 22.9 Å². The van der Waals surface area contributed by atoms with Crippen molar-refractivity contribution in [3.63, 3.8) is 0 Å². The molecule has 0 aliphatic rings. The summed E-state index contributed by atoms with van der Waals surface area (Å²) in [6.45, 7) is 6.39. The molecule has 0 fully saturated rings. The van der Waals surface area contributed by atoms with E-state index in [9.17, 15) is 0 Å². The Kier molecular flexibility index (Phi) is 5.02. The predicted octanol–water partition coefficient (Wildman–Crippen LogP) is 4.09. The van der Waals surface area contributed by atoms with Gasteiger partial charge in [0.25, 0.3) is 0 Å². The molecule has 0 bridgehead atoms. The number of hydrogen-bond acceptors (Lipinski definition) is 4. The van der Waals surface area contributed by atoms with Gasteiger partial charge in [-0.25, -0.2) is 4.98 Å². The van der Waals surface area contributed by atoms with Gasteiger partial charge in [-0.2, -0.15) is 0 Å². The molecule has 0 saturated carbocycles. The number of nitrogens with zero attached hydrogens (tertiary/aromatic N) is 2. The van der Waals surface area contributed by atoms with Crippen LogP contribution in [0.25, 0.3) is 10.2 Å². The van der Waals surface area contributed by atoms with Gasteiger partial charge in [-0.05, 0) is 38.6 Å². The van der Waals surface area contributed by atoms with Crippen molar-refractivity contribution in [1.29, 1.82) is 0 Å². The predicted molar refractivity (Wildman–Crippen MR) is 85.5 cm³/mol. The molecular formula is C14H20ClN3S. The second-order valence-corrected chi connectivity index (χ2v) is 6.26. The van der Waals surface area contributed by atoms with Crippen molar-refractivity contribution in [1.82, 2.24) is 9.88 Å². The summed E-state index contributed by atoms with van der Waals surface area (Å²) in [6, 6.07) is 6.43. The number of benzene rings is 1. The summed E-state index contributed by atoms with van der Waals surface area (Å²) in [5.41, 5.74) is 1.01. The zero-order valence-electron chi connectivity index (χ0n) is 11.6. The number of halogens is 1. The second-order valence-electron chi connectivity index (χ2n) is 4.80. The van der Waals surface area contributed by atoms with Crippen LogP contribution in [0, 0.1) is 0 Å². The van der Waals surface area contributed by atoms with Gasteiger partial charge in [-0.3, -0.25) is 0 Å². The standard InChI is InChI=1S/C14H20ClN3S/c1-4-10(2)18(3)8-7-16-14-17-12-6-5-11(15)9-13(12)19-14/h5-6,9-10H,4,7-8H2,1-3H3,(H,16,17). The first-order valence-electron chi connectivity index (χ1n) is 6.60. The summed E-state index contributed by atoms with van der Waals surface area (Å²) >= 11 is 7.63. The van der Waals surface area contributed by atoms with Crippen molar-refractivity contribution in [3.8, 4) is 0 Å². The van der Waals surface area contributed by atoms with E-state index in [0.717, 1.165) is 33.5 Å². The number of nitrogens with one attached hydrogen (secondary N) is 1. The number of thiazole rings is 1. The Morgan fingerprint density at radius 1 is 1.47 bits per heavy atom. The van der Waals surface area contributed by atoms with Gasteiger partial charge in [-0.15, -0.1) is 0 Å². The first-order valence-corrected chi connectivity index (χ1v) is 7.79. The van der Waals surface area contributed by atoms with Crippen LogP contribution < -0.4 is 5.32 Å². The Hall–Kier alpha value is -0.840. The van der Waals surface area contributed by atoms with E-state index in [0.29, 0.717) is 6.04 Å². The van der Waals surface area contributed by atoms with Crippen LogP contribution in [0.1, 0.15) is 20.3 Å². The number of rotatable bonds is 6. The lowest BCUT2D eigenvalue weighted by Crippen LogP contribution is -2.32. The van der Waals surface area contributed by atoms with E-state index in [1.165, 1.54) is 6.42 Å². The third-order valence-corrected chi connectivity index (χ3v) is 4.65. The number of fused-ring (bicyclic) bond motifs is 1. The van der Waals surface area contributed by atoms with E-state index < -0.39 is 0 Å². The number of hydrogen-bond donors (Lipinski definition) is 1. The Labute approximate surface area is 123 Å². The molecule has 1 unspecified atom stereocenters. The van der Waals surface area contributed by atoms with Crippen molar-refractivity contribution < 1.29 is 0 Å². The summed E-state index contributed by atoms with van der Waals surface area (Å²) in [6.07, 6.45) is 1.18. The Morgan fingerprint density at radius 2 is 2.26 bits per heavy atom. The van der Waals surface area contributed by atoms with E-state index in [2.05, 4.69) is 36.1 Å². The minimum atomic E-state index is 0.621. The van der Waals surface area contributed by atoms with Crippen molar-refractivity contribution in [2.45, 2.75) is 26.3 Å². The molecule has 2 rings (SSSR count). The smallest absolute Gasteiger partial charge is 0.183 e. The average molecular weight is 298 g/mol. The van der Waals surface area contributed by atoms with Gasteiger partial charge in [-0.1, -0.05) is 29.9 Å². The molecule has 5 heteroatoms. The van der Waals surface area contributed by atoms with Gasteiger partial charge >= 0.3 is 0 Å². The monoisotopic (exact) mass is 297 g/mol. The molecule has 0 aliphatic heterocycles. The van der Waals surface area contributed by atoms with Gasteiger partial charge in [0.05, 0.1) is 10.2 Å². The summed E-state index contributed by atoms with van der Waals surface area (Å²) in [4.78, 5) is 6.90. The van der Waals surface area contributed by atoms with Gasteiger partial charge in [0, 0.05) is 24.2 Å². The summed E-state index contributed by atoms with van der Waals surface area (Å²) in [5.74, 6) is 0. The zero-order chi connectivity index (χ0) is 13.8. The van der Waals surface area contributed by atoms with E-state index in [-0.39, 0.29) is 0 Å². The van der Waals surface area contributed by atoms with E-state index in [1.54, 1.807) is 11.3 Å². The molecule has 0 aliphatic carbocycles. The van der Waals surface area contributed by atoms with E-state index in [4.69, 9.17) is 11.6 Å². The van der Waals surface area contributed by atoms with Crippen molar-refractivity contribution in [2.75, 3.05) is 25.5 Å². The topological polar surface area (TPSA) is 28.2 Å². The average Bonchev–Trinajstić information content (AvgIpc) is 2.79. The first-order chi connectivity index (χ1) is 9.10. The Morgan fingerprint density at radius 3 is 3.00 bits per heavy atom. The molecule has 0 radical (unpaired) electrons. The van der Waals surface area contributed by atoms with Crippen LogP contribution in [0.2, 0.25) is 5.02 Å². The summed E-state index contributed by atoms with van der Waals surface area (Å²) in [7, 11) is 2.16. The molecule has 2 aromatic rings. The lowest BCUT2D eigenvalue weighted by Gasteiger charge is -2.23. The fraction of sp³-hybridized carbons (Fsp3) is 0.500. The van der Waals surface area contributed by atoms with Crippen molar-refractivity contribution in [2.24, 2.45) is 0 Å². The van der Waals surface area contributed by atoms with Crippen LogP contribution in [-0.4, -0.2) is 36.1 Å². The van der Waals surface area contributed by atoms with E-state index >= 15 is 0 Å². The Balaban J connectivity index is 1.91. The lowest BCUT2D eigenvalue weighted by molar-refractivity contribution is 0.261. The molecule has 1 atom stereocenters. The SMILES string of the molecule is CCC(C)N(C)CCNc1nc2ccc(Cl)cc2s1. The van der Waals surface area contributed by atoms with Crippen LogP contribution in [0.15, 0.2) is 18.2 Å². The maximum atomic E-state index is 5.98. The molecule has 0 spiro atoms. The van der Waals surface area contributed by atoms with Crippen LogP contribution in [0.5, 0.6) is 0 Å². The summed E-state index contributed by atoms with van der Waals surface area (Å²) < 4.78 is 1.13. The van der Waals surface area contributed by atoms with Crippen molar-refractivity contribution >= 4 is 38.3 Å². The molecule has 104 valence electrons. The maximum absolute atomic E-state index is 5.98. The largest absolute Gasteiger partial charge is 0.360 e. The molecule has 1 aromatic heterocycles. The van der Waals surface area contributed by atoms with Gasteiger partial charge < -0.3 is 10.2 Å². The minimum absolute atomic E-state index is 0.621. The molecule has 0 amide bonds. The molecule has 1 N–H and O–H groups in total. The molecule has 1 heterocycles. The van der Waals surface area contributed by atoms with Crippen LogP contribution in [0.4, 0.5) is 5.13 Å². The number of likely N-dealkylation sites (N-methyl/N-ethyl adjacent to an activating group) is 1. The molecule has 19 heavy (non-hydrogen) atoms. The van der Waals surface area contributed by atoms with Crippen LogP contribution in [0.3, 0.4) is 0 Å². The van der Waals surface area contributed by atoms with Gasteiger partial charge in [0.2, 0.25) is 0 Å². The van der Waals surface area contributed by atoms with E-state index in [1.807, 2.05) is 18.2 Å². The minimum Gasteiger partial charge on any atom is -0.360 e. The van der Waals surface area contributed by atoms with Crippen LogP contribution in [-0.2, 0) is 0 Å². The zero-order valence-corrected chi connectivity index (χ0v) is 13.2. The van der Waals surface area contributed by atoms with Gasteiger partial charge in [0.15, 0.2) is 5.13 Å².